The molecule has 1 atom stereocenters. The van der Waals surface area contributed by atoms with Gasteiger partial charge < -0.3 is 10.2 Å². The minimum Gasteiger partial charge on any atom is -0.395 e. The van der Waals surface area contributed by atoms with Crippen molar-refractivity contribution in [2.24, 2.45) is 0 Å². The van der Waals surface area contributed by atoms with Crippen molar-refractivity contribution in [1.29, 1.82) is 0 Å². The molecule has 0 aliphatic heterocycles. The van der Waals surface area contributed by atoms with Crippen molar-refractivity contribution in [3.8, 4) is 11.8 Å². The van der Waals surface area contributed by atoms with E-state index in [1.807, 2.05) is 18.4 Å². The molecule has 3 nitrogen and oxygen atoms in total. The molecule has 128 valence electrons. The number of aliphatic hydroxyl groups is 2. The van der Waals surface area contributed by atoms with E-state index in [0.29, 0.717) is 13.1 Å². The van der Waals surface area contributed by atoms with Gasteiger partial charge in [-0.15, -0.1) is 11.3 Å². The van der Waals surface area contributed by atoms with E-state index in [1.165, 1.54) is 12.1 Å². The first-order valence-electron chi connectivity index (χ1n) is 7.92. The Labute approximate surface area is 146 Å². The molecule has 0 aliphatic carbocycles. The minimum absolute atomic E-state index is 0.0455. The number of rotatable bonds is 7. The molecule has 1 heterocycles. The van der Waals surface area contributed by atoms with Gasteiger partial charge in [-0.05, 0) is 30.2 Å². The third-order valence-electron chi connectivity index (χ3n) is 3.82. The Kier molecular flexibility index (Phi) is 7.41. The first-order chi connectivity index (χ1) is 11.7. The van der Waals surface area contributed by atoms with Gasteiger partial charge in [0.1, 0.15) is 12.4 Å². The fourth-order valence-electron chi connectivity index (χ4n) is 2.51. The molecule has 0 saturated heterocycles. The van der Waals surface area contributed by atoms with Crippen LogP contribution in [0.1, 0.15) is 29.3 Å². The Bertz CT molecular complexity index is 683. The number of benzene rings is 1. The lowest BCUT2D eigenvalue weighted by molar-refractivity contribution is 0.107. The quantitative estimate of drug-likeness (QED) is 0.757. The zero-order valence-corrected chi connectivity index (χ0v) is 14.5. The average Bonchev–Trinajstić information content (AvgIpc) is 3.03. The van der Waals surface area contributed by atoms with Crippen molar-refractivity contribution in [2.45, 2.75) is 32.5 Å². The van der Waals surface area contributed by atoms with E-state index in [9.17, 15) is 9.50 Å². The molecule has 0 saturated carbocycles. The third kappa shape index (κ3) is 5.43. The highest BCUT2D eigenvalue weighted by Crippen LogP contribution is 2.20. The van der Waals surface area contributed by atoms with Gasteiger partial charge >= 0.3 is 0 Å². The molecule has 5 heteroatoms. The maximum atomic E-state index is 13.1. The lowest BCUT2D eigenvalue weighted by atomic mass is 10.1. The molecular weight excluding hydrogens is 325 g/mol. The Morgan fingerprint density at radius 2 is 1.96 bits per heavy atom. The molecule has 0 spiro atoms. The lowest BCUT2D eigenvalue weighted by Gasteiger charge is -2.29. The fourth-order valence-corrected chi connectivity index (χ4v) is 3.35. The maximum Gasteiger partial charge on any atom is 0.123 e. The zero-order chi connectivity index (χ0) is 17.4. The SMILES string of the molecule is CC[C@@H](CO)N(Cc1ccc(F)cc1)Cc1cc(C#CCO)cs1. The summed E-state index contributed by atoms with van der Waals surface area (Å²) in [5.41, 5.74) is 1.91. The van der Waals surface area contributed by atoms with Gasteiger partial charge in [0.2, 0.25) is 0 Å². The first-order valence-corrected chi connectivity index (χ1v) is 8.80. The van der Waals surface area contributed by atoms with Gasteiger partial charge in [0, 0.05) is 35.0 Å². The van der Waals surface area contributed by atoms with Crippen LogP contribution in [0.3, 0.4) is 0 Å². The van der Waals surface area contributed by atoms with Gasteiger partial charge in [-0.3, -0.25) is 4.90 Å². The summed E-state index contributed by atoms with van der Waals surface area (Å²) in [6.45, 7) is 3.33. The smallest absolute Gasteiger partial charge is 0.123 e. The molecule has 0 fully saturated rings. The summed E-state index contributed by atoms with van der Waals surface area (Å²) >= 11 is 1.61. The van der Waals surface area contributed by atoms with Crippen molar-refractivity contribution in [3.05, 3.63) is 57.5 Å². The number of halogens is 1. The van der Waals surface area contributed by atoms with Crippen molar-refractivity contribution in [3.63, 3.8) is 0 Å². The van der Waals surface area contributed by atoms with Crippen molar-refractivity contribution < 1.29 is 14.6 Å². The molecule has 2 N–H and O–H groups in total. The van der Waals surface area contributed by atoms with E-state index in [-0.39, 0.29) is 25.1 Å². The van der Waals surface area contributed by atoms with Crippen LogP contribution in [0.2, 0.25) is 0 Å². The summed E-state index contributed by atoms with van der Waals surface area (Å²) in [4.78, 5) is 3.34. The van der Waals surface area contributed by atoms with Crippen molar-refractivity contribution >= 4 is 11.3 Å². The van der Waals surface area contributed by atoms with E-state index in [0.717, 1.165) is 22.4 Å². The van der Waals surface area contributed by atoms with Crippen LogP contribution in [0.15, 0.2) is 35.7 Å². The van der Waals surface area contributed by atoms with Gasteiger partial charge in [0.15, 0.2) is 0 Å². The maximum absolute atomic E-state index is 13.1. The lowest BCUT2D eigenvalue weighted by Crippen LogP contribution is -2.36. The second kappa shape index (κ2) is 9.55. The molecule has 0 aliphatic rings. The number of thiophene rings is 1. The standard InChI is InChI=1S/C19H22FNO2S/c1-2-18(13-23)21(11-15-5-7-17(20)8-6-15)12-19-10-16(14-24-19)4-3-9-22/h5-8,10,14,18,22-23H,2,9,11-13H2,1H3/t18-/m0/s1. The number of hydrogen-bond acceptors (Lipinski definition) is 4. The van der Waals surface area contributed by atoms with Gasteiger partial charge in [-0.25, -0.2) is 4.39 Å². The highest BCUT2D eigenvalue weighted by Gasteiger charge is 2.17. The Balaban J connectivity index is 2.13. The van der Waals surface area contributed by atoms with Gasteiger partial charge in [-0.1, -0.05) is 30.9 Å². The summed E-state index contributed by atoms with van der Waals surface area (Å²) in [6, 6.07) is 8.53. The molecule has 0 amide bonds. The van der Waals surface area contributed by atoms with Crippen LogP contribution in [0.25, 0.3) is 0 Å². The van der Waals surface area contributed by atoms with Gasteiger partial charge in [-0.2, -0.15) is 0 Å². The van der Waals surface area contributed by atoms with Crippen LogP contribution in [-0.4, -0.2) is 34.4 Å². The van der Waals surface area contributed by atoms with Crippen molar-refractivity contribution in [2.75, 3.05) is 13.2 Å². The summed E-state index contributed by atoms with van der Waals surface area (Å²) in [5.74, 6) is 5.30. The molecule has 0 bridgehead atoms. The molecular formula is C19H22FNO2S. The van der Waals surface area contributed by atoms with E-state index in [1.54, 1.807) is 23.5 Å². The first kappa shape index (κ1) is 18.6. The fraction of sp³-hybridized carbons (Fsp3) is 0.368. The Morgan fingerprint density at radius 3 is 2.58 bits per heavy atom. The predicted molar refractivity (Wildman–Crippen MR) is 95.1 cm³/mol. The second-order valence-electron chi connectivity index (χ2n) is 5.54. The Hall–Kier alpha value is -1.71. The minimum atomic E-state index is -0.246. The summed E-state index contributed by atoms with van der Waals surface area (Å²) in [5, 5.41) is 20.4. The predicted octanol–water partition coefficient (Wildman–Crippen LogP) is 3.00. The average molecular weight is 347 g/mol. The van der Waals surface area contributed by atoms with Crippen molar-refractivity contribution in [1.82, 2.24) is 4.90 Å². The summed E-state index contributed by atoms with van der Waals surface area (Å²) < 4.78 is 13.1. The van der Waals surface area contributed by atoms with E-state index in [2.05, 4.69) is 16.7 Å². The molecule has 1 aromatic carbocycles. The van der Waals surface area contributed by atoms with Crippen LogP contribution in [0.5, 0.6) is 0 Å². The van der Waals surface area contributed by atoms with E-state index in [4.69, 9.17) is 5.11 Å². The molecule has 1 aromatic heterocycles. The van der Waals surface area contributed by atoms with Gasteiger partial charge in [0.25, 0.3) is 0 Å². The van der Waals surface area contributed by atoms with Crippen LogP contribution < -0.4 is 0 Å². The second-order valence-corrected chi connectivity index (χ2v) is 6.53. The molecule has 2 rings (SSSR count). The largest absolute Gasteiger partial charge is 0.395 e. The Morgan fingerprint density at radius 1 is 1.21 bits per heavy atom. The zero-order valence-electron chi connectivity index (χ0n) is 13.7. The number of nitrogens with zero attached hydrogens (tertiary/aromatic N) is 1. The van der Waals surface area contributed by atoms with Crippen LogP contribution in [0.4, 0.5) is 4.39 Å². The topological polar surface area (TPSA) is 43.7 Å². The highest BCUT2D eigenvalue weighted by molar-refractivity contribution is 7.10. The number of hydrogen-bond donors (Lipinski definition) is 2. The molecule has 2 aromatic rings. The van der Waals surface area contributed by atoms with Crippen LogP contribution in [-0.2, 0) is 13.1 Å². The van der Waals surface area contributed by atoms with E-state index >= 15 is 0 Å². The molecule has 24 heavy (non-hydrogen) atoms. The highest BCUT2D eigenvalue weighted by atomic mass is 32.1. The van der Waals surface area contributed by atoms with Gasteiger partial charge in [0.05, 0.1) is 6.61 Å². The number of aliphatic hydroxyl groups excluding tert-OH is 2. The van der Waals surface area contributed by atoms with Crippen LogP contribution in [0, 0.1) is 17.7 Å². The van der Waals surface area contributed by atoms with E-state index < -0.39 is 0 Å². The monoisotopic (exact) mass is 347 g/mol. The molecule has 0 unspecified atom stereocenters. The summed E-state index contributed by atoms with van der Waals surface area (Å²) in [6.07, 6.45) is 0.834. The normalized spacial score (nSPS) is 12.0. The molecule has 0 radical (unpaired) electrons. The van der Waals surface area contributed by atoms with Crippen LogP contribution >= 0.6 is 11.3 Å². The summed E-state index contributed by atoms with van der Waals surface area (Å²) in [7, 11) is 0. The third-order valence-corrected chi connectivity index (χ3v) is 4.74.